The standard InChI is InChI=1S/C22H25FN6O2/c1-22(2,3)31-21(30)29-9-7-15(8-10-29)14-27-20-17(23)5-4-6-18(20)28-19(13-26)16(11-24)12-25/h4-6,15,27-28H,7-10,14H2,1-3H3. The highest BCUT2D eigenvalue weighted by molar-refractivity contribution is 5.73. The number of allylic oxidation sites excluding steroid dienone is 2. The monoisotopic (exact) mass is 424 g/mol. The number of rotatable bonds is 5. The number of para-hydroxylation sites is 1. The number of carbonyl (C=O) groups is 1. The summed E-state index contributed by atoms with van der Waals surface area (Å²) in [5.74, 6) is -0.310. The van der Waals surface area contributed by atoms with E-state index in [1.807, 2.05) is 20.8 Å². The van der Waals surface area contributed by atoms with Crippen LogP contribution in [0.3, 0.4) is 0 Å². The zero-order valence-electron chi connectivity index (χ0n) is 17.8. The average molecular weight is 424 g/mol. The van der Waals surface area contributed by atoms with Crippen molar-refractivity contribution in [2.45, 2.75) is 39.2 Å². The molecule has 2 rings (SSSR count). The maximum absolute atomic E-state index is 14.4. The molecule has 1 aliphatic heterocycles. The van der Waals surface area contributed by atoms with E-state index in [0.29, 0.717) is 19.6 Å². The van der Waals surface area contributed by atoms with Crippen molar-refractivity contribution in [3.8, 4) is 18.2 Å². The van der Waals surface area contributed by atoms with E-state index >= 15 is 0 Å². The van der Waals surface area contributed by atoms with Gasteiger partial charge in [-0.05, 0) is 51.7 Å². The van der Waals surface area contributed by atoms with E-state index in [4.69, 9.17) is 15.3 Å². The molecule has 8 nitrogen and oxygen atoms in total. The number of anilines is 2. The van der Waals surface area contributed by atoms with Crippen LogP contribution in [0, 0.1) is 45.7 Å². The first-order chi connectivity index (χ1) is 14.7. The fourth-order valence-corrected chi connectivity index (χ4v) is 3.12. The largest absolute Gasteiger partial charge is 0.444 e. The second-order valence-corrected chi connectivity index (χ2v) is 8.16. The first kappa shape index (κ1) is 23.5. The molecular formula is C22H25FN6O2. The molecule has 9 heteroatoms. The van der Waals surface area contributed by atoms with Crippen molar-refractivity contribution in [3.63, 3.8) is 0 Å². The summed E-state index contributed by atoms with van der Waals surface area (Å²) in [6.07, 6.45) is 1.14. The third-order valence-electron chi connectivity index (χ3n) is 4.69. The van der Waals surface area contributed by atoms with Gasteiger partial charge in [0.25, 0.3) is 0 Å². The zero-order valence-corrected chi connectivity index (χ0v) is 17.8. The zero-order chi connectivity index (χ0) is 23.0. The van der Waals surface area contributed by atoms with Gasteiger partial charge in [-0.2, -0.15) is 15.8 Å². The van der Waals surface area contributed by atoms with Gasteiger partial charge >= 0.3 is 6.09 Å². The highest BCUT2D eigenvalue weighted by atomic mass is 19.1. The van der Waals surface area contributed by atoms with Crippen LogP contribution in [0.15, 0.2) is 29.5 Å². The molecule has 1 aromatic rings. The van der Waals surface area contributed by atoms with Gasteiger partial charge in [0.05, 0.1) is 11.4 Å². The van der Waals surface area contributed by atoms with E-state index < -0.39 is 11.4 Å². The van der Waals surface area contributed by atoms with Crippen molar-refractivity contribution in [3.05, 3.63) is 35.3 Å². The minimum atomic E-state index is -0.544. The number of nitrogens with one attached hydrogen (secondary N) is 2. The van der Waals surface area contributed by atoms with E-state index in [0.717, 1.165) is 12.8 Å². The fraction of sp³-hybridized carbons (Fsp3) is 0.455. The van der Waals surface area contributed by atoms with Gasteiger partial charge in [-0.1, -0.05) is 6.07 Å². The molecule has 162 valence electrons. The molecule has 0 spiro atoms. The maximum atomic E-state index is 14.4. The van der Waals surface area contributed by atoms with Crippen molar-refractivity contribution in [1.82, 2.24) is 4.90 Å². The lowest BCUT2D eigenvalue weighted by Gasteiger charge is -2.33. The Morgan fingerprint density at radius 3 is 2.39 bits per heavy atom. The van der Waals surface area contributed by atoms with Crippen LogP contribution in [0.1, 0.15) is 33.6 Å². The Kier molecular flexibility index (Phi) is 7.82. The number of hydrogen-bond acceptors (Lipinski definition) is 7. The Hall–Kier alpha value is -3.77. The summed E-state index contributed by atoms with van der Waals surface area (Å²) >= 11 is 0. The molecule has 0 radical (unpaired) electrons. The van der Waals surface area contributed by atoms with Gasteiger partial charge in [0.15, 0.2) is 5.57 Å². The molecule has 1 aliphatic rings. The molecular weight excluding hydrogens is 399 g/mol. The predicted octanol–water partition coefficient (Wildman–Crippen LogP) is 4.12. The third-order valence-corrected chi connectivity index (χ3v) is 4.69. The topological polar surface area (TPSA) is 125 Å². The Bertz CT molecular complexity index is 954. The lowest BCUT2D eigenvalue weighted by atomic mass is 9.97. The van der Waals surface area contributed by atoms with Crippen LogP contribution < -0.4 is 10.6 Å². The molecule has 1 fully saturated rings. The second-order valence-electron chi connectivity index (χ2n) is 8.16. The summed E-state index contributed by atoms with van der Waals surface area (Å²) in [6.45, 7) is 7.05. The van der Waals surface area contributed by atoms with Gasteiger partial charge in [0.2, 0.25) is 0 Å². The highest BCUT2D eigenvalue weighted by Gasteiger charge is 2.27. The van der Waals surface area contributed by atoms with E-state index in [-0.39, 0.29) is 34.7 Å². The molecule has 0 saturated carbocycles. The molecule has 0 unspecified atom stereocenters. The predicted molar refractivity (Wildman–Crippen MR) is 113 cm³/mol. The van der Waals surface area contributed by atoms with E-state index in [2.05, 4.69) is 10.6 Å². The van der Waals surface area contributed by atoms with Crippen molar-refractivity contribution in [2.24, 2.45) is 5.92 Å². The van der Waals surface area contributed by atoms with Gasteiger partial charge < -0.3 is 20.3 Å². The Morgan fingerprint density at radius 1 is 1.19 bits per heavy atom. The molecule has 0 aromatic heterocycles. The number of carbonyl (C=O) groups excluding carboxylic acids is 1. The molecule has 0 aliphatic carbocycles. The van der Waals surface area contributed by atoms with Gasteiger partial charge in [0.1, 0.15) is 35.3 Å². The Balaban J connectivity index is 2.02. The average Bonchev–Trinajstić information content (AvgIpc) is 2.72. The van der Waals surface area contributed by atoms with Gasteiger partial charge in [-0.3, -0.25) is 0 Å². The number of amides is 1. The van der Waals surface area contributed by atoms with Crippen molar-refractivity contribution in [1.29, 1.82) is 15.8 Å². The number of likely N-dealkylation sites (tertiary alicyclic amines) is 1. The fourth-order valence-electron chi connectivity index (χ4n) is 3.12. The van der Waals surface area contributed by atoms with Crippen LogP contribution in [0.2, 0.25) is 0 Å². The first-order valence-corrected chi connectivity index (χ1v) is 9.90. The molecule has 1 aromatic carbocycles. The molecule has 0 bridgehead atoms. The Labute approximate surface area is 181 Å². The Morgan fingerprint density at radius 2 is 1.84 bits per heavy atom. The van der Waals surface area contributed by atoms with Crippen LogP contribution in [-0.4, -0.2) is 36.2 Å². The smallest absolute Gasteiger partial charge is 0.410 e. The molecule has 31 heavy (non-hydrogen) atoms. The summed E-state index contributed by atoms with van der Waals surface area (Å²) in [5.41, 5.74) is -0.764. The number of hydrogen-bond donors (Lipinski definition) is 2. The van der Waals surface area contributed by atoms with Crippen molar-refractivity contribution in [2.75, 3.05) is 30.3 Å². The number of halogens is 1. The van der Waals surface area contributed by atoms with Gasteiger partial charge in [-0.15, -0.1) is 0 Å². The number of ether oxygens (including phenoxy) is 1. The molecule has 1 amide bonds. The number of benzene rings is 1. The summed E-state index contributed by atoms with van der Waals surface area (Å²) in [5, 5.41) is 32.9. The summed E-state index contributed by atoms with van der Waals surface area (Å²) in [7, 11) is 0. The van der Waals surface area contributed by atoms with Crippen LogP contribution in [-0.2, 0) is 4.74 Å². The lowest BCUT2D eigenvalue weighted by molar-refractivity contribution is 0.0188. The maximum Gasteiger partial charge on any atom is 0.410 e. The second kappa shape index (κ2) is 10.3. The van der Waals surface area contributed by atoms with E-state index in [1.54, 1.807) is 29.2 Å². The molecule has 1 heterocycles. The number of piperidine rings is 1. The lowest BCUT2D eigenvalue weighted by Crippen LogP contribution is -2.42. The number of nitriles is 3. The molecule has 1 saturated heterocycles. The van der Waals surface area contributed by atoms with Gasteiger partial charge in [0, 0.05) is 19.6 Å². The quantitative estimate of drug-likeness (QED) is 0.681. The highest BCUT2D eigenvalue weighted by Crippen LogP contribution is 2.28. The van der Waals surface area contributed by atoms with Gasteiger partial charge in [-0.25, -0.2) is 9.18 Å². The summed E-state index contributed by atoms with van der Waals surface area (Å²) in [6, 6.07) is 9.36. The minimum absolute atomic E-state index is 0.153. The summed E-state index contributed by atoms with van der Waals surface area (Å²) < 4.78 is 19.8. The van der Waals surface area contributed by atoms with Crippen LogP contribution in [0.25, 0.3) is 0 Å². The number of nitrogens with zero attached hydrogens (tertiary/aromatic N) is 4. The van der Waals surface area contributed by atoms with Crippen LogP contribution in [0.5, 0.6) is 0 Å². The summed E-state index contributed by atoms with van der Waals surface area (Å²) in [4.78, 5) is 13.9. The molecule has 0 atom stereocenters. The molecule has 2 N–H and O–H groups in total. The van der Waals surface area contributed by atoms with Crippen molar-refractivity contribution < 1.29 is 13.9 Å². The van der Waals surface area contributed by atoms with Crippen molar-refractivity contribution >= 4 is 17.5 Å². The SMILES string of the molecule is CC(C)(C)OC(=O)N1CCC(CNc2c(F)cccc2NC(C#N)=C(C#N)C#N)CC1. The van der Waals surface area contributed by atoms with E-state index in [1.165, 1.54) is 12.1 Å². The first-order valence-electron chi connectivity index (χ1n) is 9.90. The van der Waals surface area contributed by atoms with E-state index in [9.17, 15) is 14.4 Å². The minimum Gasteiger partial charge on any atom is -0.444 e. The normalized spacial score (nSPS) is 13.9. The van der Waals surface area contributed by atoms with Crippen LogP contribution in [0.4, 0.5) is 20.6 Å². The van der Waals surface area contributed by atoms with Crippen LogP contribution >= 0.6 is 0 Å². The third kappa shape index (κ3) is 6.62.